The van der Waals surface area contributed by atoms with Crippen molar-refractivity contribution >= 4 is 68.3 Å². The van der Waals surface area contributed by atoms with Gasteiger partial charge in [0.1, 0.15) is 13.2 Å². The molecular weight excluding hydrogens is 1060 g/mol. The van der Waals surface area contributed by atoms with Crippen molar-refractivity contribution in [1.29, 1.82) is 0 Å². The van der Waals surface area contributed by atoms with Crippen LogP contribution in [0.3, 0.4) is 0 Å². The van der Waals surface area contributed by atoms with Crippen molar-refractivity contribution in [1.82, 2.24) is 21.3 Å². The van der Waals surface area contributed by atoms with Crippen LogP contribution in [-0.4, -0.2) is 62.3 Å². The molecule has 3 fully saturated rings. The van der Waals surface area contributed by atoms with Crippen LogP contribution in [0.15, 0.2) is 123 Å². The molecule has 442 valence electrons. The van der Waals surface area contributed by atoms with E-state index >= 15 is 0 Å². The highest BCUT2D eigenvalue weighted by Crippen LogP contribution is 2.62. The lowest BCUT2D eigenvalue weighted by atomic mass is 9.76. The molecule has 4 aromatic rings. The molecule has 14 heteroatoms. The molecular formula is C68H90N4O8S2. The number of benzene rings is 4. The number of nitrogens with one attached hydrogen (secondary N) is 4. The summed E-state index contributed by atoms with van der Waals surface area (Å²) in [6.45, 7) is 41.1. The van der Waals surface area contributed by atoms with Crippen molar-refractivity contribution in [2.45, 2.75) is 131 Å². The first kappa shape index (κ1) is 64.8. The first-order valence-corrected chi connectivity index (χ1v) is 31.1. The minimum absolute atomic E-state index is 0.282. The highest BCUT2D eigenvalue weighted by Gasteiger charge is 2.56. The number of carbonyl (C=O) groups excluding carboxylic acids is 4. The highest BCUT2D eigenvalue weighted by molar-refractivity contribution is 8.76. The third-order valence-corrected chi connectivity index (χ3v) is 18.8. The Morgan fingerprint density at radius 3 is 1.10 bits per heavy atom. The zero-order valence-electron chi connectivity index (χ0n) is 50.7. The van der Waals surface area contributed by atoms with Crippen molar-refractivity contribution in [3.05, 3.63) is 168 Å². The summed E-state index contributed by atoms with van der Waals surface area (Å²) in [7, 11) is 3.13. The normalized spacial score (nSPS) is 19.1. The van der Waals surface area contributed by atoms with Crippen molar-refractivity contribution in [2.75, 3.05) is 37.9 Å². The second kappa shape index (κ2) is 28.3. The van der Waals surface area contributed by atoms with E-state index in [4.69, 9.17) is 18.9 Å². The zero-order chi connectivity index (χ0) is 60.2. The Morgan fingerprint density at radius 2 is 0.756 bits per heavy atom. The molecule has 0 radical (unpaired) electrons. The van der Waals surface area contributed by atoms with Crippen LogP contribution in [0.25, 0.3) is 22.3 Å². The number of allylic oxidation sites excluding steroid dienone is 4. The average molecular weight is 1160 g/mol. The maximum atomic E-state index is 12.9. The van der Waals surface area contributed by atoms with E-state index in [1.165, 1.54) is 6.42 Å². The number of hydrogen-bond acceptors (Lipinski definition) is 10. The maximum Gasteiger partial charge on any atom is 0.407 e. The van der Waals surface area contributed by atoms with E-state index in [2.05, 4.69) is 59.7 Å². The molecule has 3 saturated carbocycles. The Kier molecular flexibility index (Phi) is 22.3. The summed E-state index contributed by atoms with van der Waals surface area (Å²) in [5.74, 6) is 4.63. The Bertz CT molecular complexity index is 2870. The van der Waals surface area contributed by atoms with Crippen molar-refractivity contribution in [3.63, 3.8) is 0 Å². The van der Waals surface area contributed by atoms with E-state index < -0.39 is 34.3 Å². The molecule has 7 rings (SSSR count). The number of ether oxygens (including phenoxy) is 4. The van der Waals surface area contributed by atoms with Crippen LogP contribution in [-0.2, 0) is 41.1 Å². The second-order valence-corrected chi connectivity index (χ2v) is 27.6. The number of hydrogen-bond donors (Lipinski definition) is 4. The van der Waals surface area contributed by atoms with E-state index in [1.54, 1.807) is 21.6 Å². The van der Waals surface area contributed by atoms with Crippen molar-refractivity contribution in [2.24, 2.45) is 35.5 Å². The quantitative estimate of drug-likeness (QED) is 0.0321. The van der Waals surface area contributed by atoms with Crippen LogP contribution >= 0.6 is 21.6 Å². The van der Waals surface area contributed by atoms with Gasteiger partial charge >= 0.3 is 24.4 Å². The van der Waals surface area contributed by atoms with Gasteiger partial charge in [-0.25, -0.2) is 19.2 Å². The summed E-state index contributed by atoms with van der Waals surface area (Å²) in [6.07, 6.45) is 2.89. The summed E-state index contributed by atoms with van der Waals surface area (Å²) in [5, 5.41) is 12.0. The molecule has 4 amide bonds. The molecule has 0 aliphatic heterocycles. The first-order valence-electron chi connectivity index (χ1n) is 28.6. The summed E-state index contributed by atoms with van der Waals surface area (Å²) in [4.78, 5) is 50.3. The molecule has 6 unspecified atom stereocenters. The van der Waals surface area contributed by atoms with Gasteiger partial charge in [0.05, 0.1) is 35.4 Å². The largest absolute Gasteiger partial charge is 0.449 e. The lowest BCUT2D eigenvalue weighted by Gasteiger charge is -2.32. The predicted molar refractivity (Wildman–Crippen MR) is 339 cm³/mol. The number of amides is 4. The van der Waals surface area contributed by atoms with Gasteiger partial charge in [-0.15, -0.1) is 0 Å². The topological polar surface area (TPSA) is 153 Å². The number of carbonyl (C=O) groups is 4. The van der Waals surface area contributed by atoms with Gasteiger partial charge in [-0.05, 0) is 213 Å². The smallest absolute Gasteiger partial charge is 0.407 e. The van der Waals surface area contributed by atoms with Crippen molar-refractivity contribution in [3.8, 4) is 0 Å². The van der Waals surface area contributed by atoms with Crippen LogP contribution in [0.4, 0.5) is 19.2 Å². The third kappa shape index (κ3) is 18.1. The van der Waals surface area contributed by atoms with Crippen LogP contribution in [0.5, 0.6) is 0 Å². The van der Waals surface area contributed by atoms with E-state index in [0.29, 0.717) is 60.2 Å². The molecule has 0 spiro atoms. The summed E-state index contributed by atoms with van der Waals surface area (Å²) >= 11 is 0. The lowest BCUT2D eigenvalue weighted by Crippen LogP contribution is -2.42. The van der Waals surface area contributed by atoms with E-state index in [9.17, 15) is 19.2 Å². The number of rotatable bonds is 23. The molecule has 2 bridgehead atoms. The molecule has 3 aliphatic rings. The van der Waals surface area contributed by atoms with E-state index in [-0.39, 0.29) is 25.4 Å². The standard InChI is InChI=1S/C38H50N2O4.C30H40N2O4S2/c1-23(2)26-11-9-13-30(18-26)37(5,6)39-35(41)43-21-25-15-32-28-17-29(33(20-28)34(32)16-25)22-44-36(42)40-38(7,8)31-14-10-12-27(19-31)24(3)4;1-21(2)23-11-9-13-25(19-23)29(5,6)31-27(33)35-15-17-37-38-18-16-36-28(34)32-30(7,8)26-14-10-12-24(20-26)22(3)4/h9-14,18-19,25,28-29,32-34H,1,3,15-17,20-22H2,2,4-8H3,(H,39,41)(H,40,42);9-14,19-20H,1,3,15-18H2,2,4-8H3,(H,31,33)(H,32,34). The maximum absolute atomic E-state index is 12.9. The van der Waals surface area contributed by atoms with Gasteiger partial charge in [0.2, 0.25) is 0 Å². The predicted octanol–water partition coefficient (Wildman–Crippen LogP) is 16.4. The fourth-order valence-electron chi connectivity index (χ4n) is 11.6. The summed E-state index contributed by atoms with van der Waals surface area (Å²) in [5.41, 5.74) is 9.86. The SMILES string of the molecule is C=C(C)c1cccc(C(C)(C)NC(=O)OCC2CC3C4CC(COC(=O)NC(C)(C)c5cccc(C(=C)C)c5)C(C4)C3C2)c1.C=C(C)c1cccc(C(C)(C)NC(=O)OCCSSCCOC(=O)NC(C)(C)c2cccc(C(=C)C)c2)c1. The Hall–Kier alpha value is -6.38. The highest BCUT2D eigenvalue weighted by atomic mass is 33.1. The van der Waals surface area contributed by atoms with Gasteiger partial charge in [0.15, 0.2) is 0 Å². The molecule has 6 atom stereocenters. The molecule has 3 aliphatic carbocycles. The van der Waals surface area contributed by atoms with Gasteiger partial charge in [0, 0.05) is 11.5 Å². The fourth-order valence-corrected chi connectivity index (χ4v) is 13.3. The van der Waals surface area contributed by atoms with E-state index in [0.717, 1.165) is 86.1 Å². The van der Waals surface area contributed by atoms with Crippen LogP contribution in [0.2, 0.25) is 0 Å². The van der Waals surface area contributed by atoms with Gasteiger partial charge in [0.25, 0.3) is 0 Å². The van der Waals surface area contributed by atoms with Crippen LogP contribution < -0.4 is 21.3 Å². The molecule has 0 heterocycles. The number of alkyl carbamates (subject to hydrolysis) is 4. The van der Waals surface area contributed by atoms with Crippen LogP contribution in [0, 0.1) is 35.5 Å². The van der Waals surface area contributed by atoms with Gasteiger partial charge in [-0.1, -0.05) is 143 Å². The molecule has 4 N–H and O–H groups in total. The number of fused-ring (bicyclic) bond motifs is 5. The molecule has 82 heavy (non-hydrogen) atoms. The van der Waals surface area contributed by atoms with Crippen molar-refractivity contribution < 1.29 is 38.1 Å². The van der Waals surface area contributed by atoms with Gasteiger partial charge in [-0.2, -0.15) is 0 Å². The third-order valence-electron chi connectivity index (χ3n) is 16.4. The Morgan fingerprint density at radius 1 is 0.439 bits per heavy atom. The molecule has 0 saturated heterocycles. The molecule has 12 nitrogen and oxygen atoms in total. The van der Waals surface area contributed by atoms with Gasteiger partial charge in [-0.3, -0.25) is 0 Å². The van der Waals surface area contributed by atoms with E-state index in [1.807, 2.05) is 168 Å². The molecule has 0 aromatic heterocycles. The van der Waals surface area contributed by atoms with Crippen LogP contribution in [0.1, 0.15) is 153 Å². The average Bonchev–Trinajstić information content (AvgIpc) is 4.36. The fraction of sp³-hybridized carbons (Fsp3) is 0.471. The summed E-state index contributed by atoms with van der Waals surface area (Å²) in [6, 6.07) is 32.2. The Labute approximate surface area is 497 Å². The lowest BCUT2D eigenvalue weighted by molar-refractivity contribution is 0.0819. The van der Waals surface area contributed by atoms with Gasteiger partial charge < -0.3 is 40.2 Å². The Balaban J connectivity index is 0.000000267. The zero-order valence-corrected chi connectivity index (χ0v) is 52.3. The first-order chi connectivity index (χ1) is 38.5. The monoisotopic (exact) mass is 1150 g/mol. The second-order valence-electron chi connectivity index (χ2n) is 24.9. The minimum Gasteiger partial charge on any atom is -0.449 e. The molecule has 4 aromatic carbocycles. The summed E-state index contributed by atoms with van der Waals surface area (Å²) < 4.78 is 22.3. The minimum atomic E-state index is -0.579.